The third-order valence-electron chi connectivity index (χ3n) is 3.05. The molecule has 0 saturated carbocycles. The van der Waals surface area contributed by atoms with Crippen molar-refractivity contribution < 1.29 is 9.59 Å². The van der Waals surface area contributed by atoms with Gasteiger partial charge in [-0.1, -0.05) is 0 Å². The van der Waals surface area contributed by atoms with Crippen molar-refractivity contribution in [2.24, 2.45) is 5.73 Å². The van der Waals surface area contributed by atoms with E-state index in [-0.39, 0.29) is 11.8 Å². The van der Waals surface area contributed by atoms with Gasteiger partial charge in [0.1, 0.15) is 0 Å². The Morgan fingerprint density at radius 3 is 2.75 bits per heavy atom. The van der Waals surface area contributed by atoms with Crippen molar-refractivity contribution in [1.82, 2.24) is 20.0 Å². The summed E-state index contributed by atoms with van der Waals surface area (Å²) in [5.41, 5.74) is 6.81. The SMILES string of the molecule is Cc1c(C(=O)NCCC(=O)N(C)C)cnn1CCCN. The summed E-state index contributed by atoms with van der Waals surface area (Å²) in [4.78, 5) is 24.9. The zero-order chi connectivity index (χ0) is 15.1. The lowest BCUT2D eigenvalue weighted by Gasteiger charge is -2.10. The molecule has 0 spiro atoms. The molecule has 1 aromatic heterocycles. The maximum Gasteiger partial charge on any atom is 0.254 e. The number of hydrogen-bond donors (Lipinski definition) is 2. The van der Waals surface area contributed by atoms with Crippen LogP contribution in [0.15, 0.2) is 6.20 Å². The first kappa shape index (κ1) is 16.2. The van der Waals surface area contributed by atoms with Gasteiger partial charge in [0, 0.05) is 39.3 Å². The van der Waals surface area contributed by atoms with E-state index in [4.69, 9.17) is 5.73 Å². The number of nitrogens with zero attached hydrogens (tertiary/aromatic N) is 3. The zero-order valence-corrected chi connectivity index (χ0v) is 12.3. The first-order chi connectivity index (χ1) is 9.47. The van der Waals surface area contributed by atoms with Crippen LogP contribution >= 0.6 is 0 Å². The summed E-state index contributed by atoms with van der Waals surface area (Å²) >= 11 is 0. The van der Waals surface area contributed by atoms with Crippen LogP contribution in [0.4, 0.5) is 0 Å². The lowest BCUT2D eigenvalue weighted by atomic mass is 10.2. The van der Waals surface area contributed by atoms with Crippen LogP contribution in [0.2, 0.25) is 0 Å². The second-order valence-electron chi connectivity index (χ2n) is 4.80. The second-order valence-corrected chi connectivity index (χ2v) is 4.80. The van der Waals surface area contributed by atoms with E-state index < -0.39 is 0 Å². The van der Waals surface area contributed by atoms with Crippen LogP contribution in [0, 0.1) is 6.92 Å². The van der Waals surface area contributed by atoms with Crippen molar-refractivity contribution in [2.45, 2.75) is 26.3 Å². The smallest absolute Gasteiger partial charge is 0.254 e. The summed E-state index contributed by atoms with van der Waals surface area (Å²) in [6.07, 6.45) is 2.66. The molecule has 2 amide bonds. The summed E-state index contributed by atoms with van der Waals surface area (Å²) in [6, 6.07) is 0. The number of amides is 2. The molecule has 0 atom stereocenters. The maximum atomic E-state index is 12.0. The topological polar surface area (TPSA) is 93.2 Å². The Morgan fingerprint density at radius 2 is 2.15 bits per heavy atom. The summed E-state index contributed by atoms with van der Waals surface area (Å²) in [5.74, 6) is -0.214. The van der Waals surface area contributed by atoms with Gasteiger partial charge in [0.25, 0.3) is 5.91 Å². The molecule has 1 rings (SSSR count). The van der Waals surface area contributed by atoms with Gasteiger partial charge in [0.2, 0.25) is 5.91 Å². The van der Waals surface area contributed by atoms with Gasteiger partial charge >= 0.3 is 0 Å². The third-order valence-corrected chi connectivity index (χ3v) is 3.05. The van der Waals surface area contributed by atoms with Crippen LogP contribution in [-0.2, 0) is 11.3 Å². The molecule has 0 aliphatic heterocycles. The van der Waals surface area contributed by atoms with Gasteiger partial charge in [-0.25, -0.2) is 0 Å². The number of aryl methyl sites for hydroxylation is 1. The van der Waals surface area contributed by atoms with Crippen LogP contribution in [0.3, 0.4) is 0 Å². The van der Waals surface area contributed by atoms with Crippen LogP contribution in [0.1, 0.15) is 28.9 Å². The molecule has 20 heavy (non-hydrogen) atoms. The highest BCUT2D eigenvalue weighted by Crippen LogP contribution is 2.07. The Hall–Kier alpha value is -1.89. The van der Waals surface area contributed by atoms with Gasteiger partial charge in [-0.2, -0.15) is 5.10 Å². The fourth-order valence-corrected chi connectivity index (χ4v) is 1.74. The summed E-state index contributed by atoms with van der Waals surface area (Å²) in [5, 5.41) is 6.90. The van der Waals surface area contributed by atoms with E-state index >= 15 is 0 Å². The highest BCUT2D eigenvalue weighted by Gasteiger charge is 2.14. The van der Waals surface area contributed by atoms with Gasteiger partial charge in [0.05, 0.1) is 11.8 Å². The van der Waals surface area contributed by atoms with Gasteiger partial charge in [-0.05, 0) is 19.9 Å². The number of aromatic nitrogens is 2. The van der Waals surface area contributed by atoms with Crippen LogP contribution in [0.25, 0.3) is 0 Å². The molecule has 1 aromatic rings. The molecule has 112 valence electrons. The number of nitrogens with one attached hydrogen (secondary N) is 1. The predicted molar refractivity (Wildman–Crippen MR) is 76.3 cm³/mol. The molecule has 0 aliphatic rings. The minimum Gasteiger partial charge on any atom is -0.351 e. The van der Waals surface area contributed by atoms with E-state index in [0.29, 0.717) is 31.6 Å². The maximum absolute atomic E-state index is 12.0. The molecule has 0 radical (unpaired) electrons. The van der Waals surface area contributed by atoms with E-state index in [1.54, 1.807) is 25.0 Å². The van der Waals surface area contributed by atoms with Crippen LogP contribution in [0.5, 0.6) is 0 Å². The molecular weight excluding hydrogens is 258 g/mol. The Balaban J connectivity index is 2.51. The first-order valence-electron chi connectivity index (χ1n) is 6.68. The van der Waals surface area contributed by atoms with Crippen molar-refractivity contribution in [3.8, 4) is 0 Å². The van der Waals surface area contributed by atoms with Gasteiger partial charge in [0.15, 0.2) is 0 Å². The molecule has 0 fully saturated rings. The lowest BCUT2D eigenvalue weighted by Crippen LogP contribution is -2.30. The quantitative estimate of drug-likeness (QED) is 0.720. The molecule has 0 aliphatic carbocycles. The van der Waals surface area contributed by atoms with Crippen molar-refractivity contribution >= 4 is 11.8 Å². The van der Waals surface area contributed by atoms with Gasteiger partial charge < -0.3 is 16.0 Å². The lowest BCUT2D eigenvalue weighted by molar-refractivity contribution is -0.128. The van der Waals surface area contributed by atoms with Gasteiger partial charge in [-0.3, -0.25) is 14.3 Å². The van der Waals surface area contributed by atoms with Crippen molar-refractivity contribution in [2.75, 3.05) is 27.2 Å². The molecule has 0 bridgehead atoms. The van der Waals surface area contributed by atoms with E-state index in [0.717, 1.165) is 12.1 Å². The summed E-state index contributed by atoms with van der Waals surface area (Å²) < 4.78 is 1.77. The molecule has 0 unspecified atom stereocenters. The van der Waals surface area contributed by atoms with E-state index in [2.05, 4.69) is 10.4 Å². The molecular formula is C13H23N5O2. The Bertz CT molecular complexity index is 467. The van der Waals surface area contributed by atoms with Gasteiger partial charge in [-0.15, -0.1) is 0 Å². The minimum atomic E-state index is -0.201. The summed E-state index contributed by atoms with van der Waals surface area (Å²) in [6.45, 7) is 3.47. The zero-order valence-electron chi connectivity index (χ0n) is 12.3. The fraction of sp³-hybridized carbons (Fsp3) is 0.615. The average molecular weight is 281 g/mol. The largest absolute Gasteiger partial charge is 0.351 e. The molecule has 3 N–H and O–H groups in total. The molecule has 7 nitrogen and oxygen atoms in total. The Morgan fingerprint density at radius 1 is 1.45 bits per heavy atom. The summed E-state index contributed by atoms with van der Waals surface area (Å²) in [7, 11) is 3.38. The number of nitrogens with two attached hydrogens (primary N) is 1. The number of carbonyl (C=O) groups is 2. The van der Waals surface area contributed by atoms with Crippen molar-refractivity contribution in [3.05, 3.63) is 17.5 Å². The normalized spacial score (nSPS) is 10.4. The van der Waals surface area contributed by atoms with E-state index in [1.165, 1.54) is 4.90 Å². The Kier molecular flexibility index (Phi) is 6.17. The molecule has 0 aromatic carbocycles. The standard InChI is InChI=1S/C13H23N5O2/c1-10-11(9-16-18(10)8-4-6-14)13(20)15-7-5-12(19)17(2)3/h9H,4-8,14H2,1-3H3,(H,15,20). The van der Waals surface area contributed by atoms with Crippen molar-refractivity contribution in [3.63, 3.8) is 0 Å². The van der Waals surface area contributed by atoms with E-state index in [1.807, 2.05) is 6.92 Å². The average Bonchev–Trinajstić information content (AvgIpc) is 2.77. The van der Waals surface area contributed by atoms with Crippen LogP contribution in [-0.4, -0.2) is 53.7 Å². The highest BCUT2D eigenvalue weighted by atomic mass is 16.2. The molecule has 7 heteroatoms. The van der Waals surface area contributed by atoms with Crippen molar-refractivity contribution in [1.29, 1.82) is 0 Å². The Labute approximate surface area is 119 Å². The highest BCUT2D eigenvalue weighted by molar-refractivity contribution is 5.95. The minimum absolute atomic E-state index is 0.0133. The molecule has 0 saturated heterocycles. The second kappa shape index (κ2) is 7.64. The van der Waals surface area contributed by atoms with E-state index in [9.17, 15) is 9.59 Å². The number of hydrogen-bond acceptors (Lipinski definition) is 4. The van der Waals surface area contributed by atoms with Crippen LogP contribution < -0.4 is 11.1 Å². The number of carbonyl (C=O) groups excluding carboxylic acids is 2. The third kappa shape index (κ3) is 4.34. The first-order valence-corrected chi connectivity index (χ1v) is 6.68. The monoisotopic (exact) mass is 281 g/mol. The molecule has 1 heterocycles. The predicted octanol–water partition coefficient (Wildman–Crippen LogP) is -0.252. The fourth-order valence-electron chi connectivity index (χ4n) is 1.74. The number of rotatable bonds is 7.